The molecule has 0 saturated heterocycles. The van der Waals surface area contributed by atoms with E-state index in [-0.39, 0.29) is 19.1 Å². The van der Waals surface area contributed by atoms with E-state index >= 15 is 0 Å². The standard InChI is InChI=1S/C10H11NO2S/c11-6-9(14)7-13-10(12)8-4-2-1-3-5-8/h1-5H,6-7,11H2. The molecule has 0 bridgehead atoms. The van der Waals surface area contributed by atoms with Crippen molar-refractivity contribution in [2.45, 2.75) is 0 Å². The molecule has 0 radical (unpaired) electrons. The molecule has 0 unspecified atom stereocenters. The SMILES string of the molecule is NCC(=S)COC(=O)c1ccccc1. The van der Waals surface area contributed by atoms with Crippen LogP contribution in [0.2, 0.25) is 0 Å². The van der Waals surface area contributed by atoms with Gasteiger partial charge in [-0.2, -0.15) is 0 Å². The van der Waals surface area contributed by atoms with Gasteiger partial charge in [-0.05, 0) is 12.1 Å². The lowest BCUT2D eigenvalue weighted by Crippen LogP contribution is -2.19. The minimum Gasteiger partial charge on any atom is -0.457 e. The third-order valence-electron chi connectivity index (χ3n) is 1.60. The molecule has 0 saturated carbocycles. The Balaban J connectivity index is 2.48. The van der Waals surface area contributed by atoms with E-state index in [1.54, 1.807) is 24.3 Å². The number of hydrogen-bond acceptors (Lipinski definition) is 4. The fourth-order valence-electron chi connectivity index (χ4n) is 0.863. The normalized spacial score (nSPS) is 9.50. The predicted molar refractivity (Wildman–Crippen MR) is 58.4 cm³/mol. The second-order valence-electron chi connectivity index (χ2n) is 2.68. The van der Waals surface area contributed by atoms with E-state index in [1.807, 2.05) is 6.07 Å². The molecule has 1 aromatic carbocycles. The van der Waals surface area contributed by atoms with E-state index in [1.165, 1.54) is 0 Å². The highest BCUT2D eigenvalue weighted by atomic mass is 32.1. The van der Waals surface area contributed by atoms with Crippen molar-refractivity contribution in [3.05, 3.63) is 35.9 Å². The summed E-state index contributed by atoms with van der Waals surface area (Å²) < 4.78 is 4.92. The third-order valence-corrected chi connectivity index (χ3v) is 1.89. The van der Waals surface area contributed by atoms with Crippen molar-refractivity contribution >= 4 is 23.1 Å². The highest BCUT2D eigenvalue weighted by molar-refractivity contribution is 7.80. The molecule has 14 heavy (non-hydrogen) atoms. The highest BCUT2D eigenvalue weighted by Gasteiger charge is 2.06. The van der Waals surface area contributed by atoms with Crippen molar-refractivity contribution in [2.75, 3.05) is 13.2 Å². The lowest BCUT2D eigenvalue weighted by Gasteiger charge is -2.03. The number of carbonyl (C=O) groups is 1. The van der Waals surface area contributed by atoms with E-state index < -0.39 is 0 Å². The first kappa shape index (κ1) is 10.8. The molecular weight excluding hydrogens is 198 g/mol. The van der Waals surface area contributed by atoms with Crippen LogP contribution >= 0.6 is 12.2 Å². The van der Waals surface area contributed by atoms with Crippen molar-refractivity contribution < 1.29 is 9.53 Å². The second-order valence-corrected chi connectivity index (χ2v) is 3.26. The first-order valence-corrected chi connectivity index (χ1v) is 4.59. The maximum absolute atomic E-state index is 11.3. The van der Waals surface area contributed by atoms with Gasteiger partial charge in [0.25, 0.3) is 0 Å². The van der Waals surface area contributed by atoms with Crippen LogP contribution in [0.1, 0.15) is 10.4 Å². The molecule has 4 heteroatoms. The van der Waals surface area contributed by atoms with Crippen LogP contribution in [0.3, 0.4) is 0 Å². The van der Waals surface area contributed by atoms with Crippen molar-refractivity contribution in [2.24, 2.45) is 5.73 Å². The van der Waals surface area contributed by atoms with E-state index in [2.05, 4.69) is 0 Å². The number of rotatable bonds is 4. The van der Waals surface area contributed by atoms with Gasteiger partial charge in [0.2, 0.25) is 0 Å². The van der Waals surface area contributed by atoms with Crippen LogP contribution in [0.25, 0.3) is 0 Å². The molecule has 0 aromatic heterocycles. The first-order valence-electron chi connectivity index (χ1n) is 4.18. The van der Waals surface area contributed by atoms with Gasteiger partial charge in [-0.15, -0.1) is 0 Å². The summed E-state index contributed by atoms with van der Waals surface area (Å²) in [5.74, 6) is -0.374. The molecule has 74 valence electrons. The van der Waals surface area contributed by atoms with Gasteiger partial charge >= 0.3 is 5.97 Å². The summed E-state index contributed by atoms with van der Waals surface area (Å²) >= 11 is 4.82. The smallest absolute Gasteiger partial charge is 0.338 e. The predicted octanol–water partition coefficient (Wildman–Crippen LogP) is 1.17. The van der Waals surface area contributed by atoms with Crippen LogP contribution in [-0.2, 0) is 4.74 Å². The Morgan fingerprint density at radius 3 is 2.57 bits per heavy atom. The fourth-order valence-corrected chi connectivity index (χ4v) is 0.921. The van der Waals surface area contributed by atoms with Gasteiger partial charge < -0.3 is 10.5 Å². The summed E-state index contributed by atoms with van der Waals surface area (Å²) in [7, 11) is 0. The van der Waals surface area contributed by atoms with E-state index in [9.17, 15) is 4.79 Å². The van der Waals surface area contributed by atoms with Gasteiger partial charge in [0.1, 0.15) is 6.61 Å². The van der Waals surface area contributed by atoms with Crippen LogP contribution in [-0.4, -0.2) is 24.0 Å². The highest BCUT2D eigenvalue weighted by Crippen LogP contribution is 2.00. The monoisotopic (exact) mass is 209 g/mol. The first-order chi connectivity index (χ1) is 6.74. The van der Waals surface area contributed by atoms with Crippen LogP contribution in [0.5, 0.6) is 0 Å². The third kappa shape index (κ3) is 3.24. The fraction of sp³-hybridized carbons (Fsp3) is 0.200. The molecule has 0 atom stereocenters. The Labute approximate surface area is 87.9 Å². The Kier molecular flexibility index (Phi) is 4.22. The second kappa shape index (κ2) is 5.47. The van der Waals surface area contributed by atoms with Crippen LogP contribution in [0.15, 0.2) is 30.3 Å². The molecule has 3 nitrogen and oxygen atoms in total. The Morgan fingerprint density at radius 2 is 2.00 bits per heavy atom. The molecule has 0 aliphatic rings. The largest absolute Gasteiger partial charge is 0.457 e. The Morgan fingerprint density at radius 1 is 1.36 bits per heavy atom. The van der Waals surface area contributed by atoms with Crippen LogP contribution in [0, 0.1) is 0 Å². The van der Waals surface area contributed by atoms with Crippen molar-refractivity contribution in [1.29, 1.82) is 0 Å². The molecule has 2 N–H and O–H groups in total. The molecule has 0 aliphatic carbocycles. The van der Waals surface area contributed by atoms with Crippen LogP contribution < -0.4 is 5.73 Å². The number of esters is 1. The molecule has 1 rings (SSSR count). The number of ether oxygens (including phenoxy) is 1. The number of hydrogen-bond donors (Lipinski definition) is 1. The molecule has 0 spiro atoms. The zero-order valence-corrected chi connectivity index (χ0v) is 8.42. The van der Waals surface area contributed by atoms with E-state index in [0.717, 1.165) is 0 Å². The Hall–Kier alpha value is -1.26. The van der Waals surface area contributed by atoms with Crippen LogP contribution in [0.4, 0.5) is 0 Å². The van der Waals surface area contributed by atoms with Crippen molar-refractivity contribution in [3.63, 3.8) is 0 Å². The molecule has 0 amide bonds. The van der Waals surface area contributed by atoms with Gasteiger partial charge in [-0.1, -0.05) is 30.4 Å². The van der Waals surface area contributed by atoms with E-state index in [0.29, 0.717) is 10.4 Å². The minimum atomic E-state index is -0.374. The van der Waals surface area contributed by atoms with Gasteiger partial charge in [0.15, 0.2) is 0 Å². The lowest BCUT2D eigenvalue weighted by atomic mass is 10.2. The molecule has 0 heterocycles. The number of thiocarbonyl (C=S) groups is 1. The summed E-state index contributed by atoms with van der Waals surface area (Å²) in [5, 5.41) is 0. The average Bonchev–Trinajstić information content (AvgIpc) is 2.26. The maximum Gasteiger partial charge on any atom is 0.338 e. The number of benzene rings is 1. The van der Waals surface area contributed by atoms with Crippen molar-refractivity contribution in [1.82, 2.24) is 0 Å². The molecule has 1 aromatic rings. The average molecular weight is 209 g/mol. The maximum atomic E-state index is 11.3. The molecular formula is C10H11NO2S. The van der Waals surface area contributed by atoms with Gasteiger partial charge in [0, 0.05) is 11.4 Å². The molecule has 0 fully saturated rings. The summed E-state index contributed by atoms with van der Waals surface area (Å²) in [6, 6.07) is 8.76. The zero-order chi connectivity index (χ0) is 10.4. The summed E-state index contributed by atoms with van der Waals surface area (Å²) in [4.78, 5) is 11.9. The Bertz CT molecular complexity index is 324. The molecule has 0 aliphatic heterocycles. The lowest BCUT2D eigenvalue weighted by molar-refractivity contribution is 0.0564. The zero-order valence-electron chi connectivity index (χ0n) is 7.60. The summed E-state index contributed by atoms with van der Waals surface area (Å²) in [6.45, 7) is 0.372. The topological polar surface area (TPSA) is 52.3 Å². The quantitative estimate of drug-likeness (QED) is 0.597. The number of nitrogens with two attached hydrogens (primary N) is 1. The summed E-state index contributed by atoms with van der Waals surface area (Å²) in [5.41, 5.74) is 5.79. The minimum absolute atomic E-state index is 0.111. The van der Waals surface area contributed by atoms with Gasteiger partial charge in [0.05, 0.1) is 5.56 Å². The summed E-state index contributed by atoms with van der Waals surface area (Å²) in [6.07, 6.45) is 0. The van der Waals surface area contributed by atoms with Gasteiger partial charge in [-0.3, -0.25) is 0 Å². The van der Waals surface area contributed by atoms with E-state index in [4.69, 9.17) is 22.7 Å². The number of carbonyl (C=O) groups excluding carboxylic acids is 1. The van der Waals surface area contributed by atoms with Gasteiger partial charge in [-0.25, -0.2) is 4.79 Å². The van der Waals surface area contributed by atoms with Crippen molar-refractivity contribution in [3.8, 4) is 0 Å².